The molecule has 0 saturated carbocycles. The number of carbonyl (C=O) groups excluding carboxylic acids is 1. The largest absolute Gasteiger partial charge is 0.492 e. The molecule has 0 radical (unpaired) electrons. The van der Waals surface area contributed by atoms with E-state index in [1.165, 1.54) is 16.4 Å². The first-order valence-electron chi connectivity index (χ1n) is 11.5. The molecule has 1 amide bonds. The van der Waals surface area contributed by atoms with Gasteiger partial charge in [-0.05, 0) is 56.2 Å². The minimum atomic E-state index is -3.68. The summed E-state index contributed by atoms with van der Waals surface area (Å²) in [6.07, 6.45) is 1.02. The van der Waals surface area contributed by atoms with E-state index >= 15 is 0 Å². The Kier molecular flexibility index (Phi) is 7.92. The average molecular weight is 526 g/mol. The number of nitrogens with zero attached hydrogens (tertiary/aromatic N) is 3. The van der Waals surface area contributed by atoms with Crippen LogP contribution < -0.4 is 9.64 Å². The molecule has 2 fully saturated rings. The van der Waals surface area contributed by atoms with Crippen LogP contribution >= 0.6 is 23.2 Å². The molecule has 0 aromatic heterocycles. The van der Waals surface area contributed by atoms with Gasteiger partial charge in [-0.15, -0.1) is 0 Å². The zero-order valence-electron chi connectivity index (χ0n) is 19.1. The van der Waals surface area contributed by atoms with Crippen molar-refractivity contribution in [2.24, 2.45) is 5.92 Å². The van der Waals surface area contributed by atoms with Gasteiger partial charge in [0.2, 0.25) is 15.9 Å². The Morgan fingerprint density at radius 1 is 1.00 bits per heavy atom. The van der Waals surface area contributed by atoms with Gasteiger partial charge in [0.05, 0.1) is 16.5 Å². The molecule has 4 rings (SSSR count). The molecule has 0 bridgehead atoms. The smallest absolute Gasteiger partial charge is 0.243 e. The van der Waals surface area contributed by atoms with Gasteiger partial charge in [0.25, 0.3) is 0 Å². The molecular weight excluding hydrogens is 497 g/mol. The third-order valence-corrected chi connectivity index (χ3v) is 8.83. The first kappa shape index (κ1) is 25.1. The third-order valence-electron chi connectivity index (χ3n) is 6.41. The minimum absolute atomic E-state index is 0.118. The maximum Gasteiger partial charge on any atom is 0.243 e. The highest BCUT2D eigenvalue weighted by atomic mass is 35.5. The predicted octanol–water partition coefficient (Wildman–Crippen LogP) is 4.14. The van der Waals surface area contributed by atoms with Crippen LogP contribution in [0.2, 0.25) is 10.0 Å². The first-order chi connectivity index (χ1) is 16.3. The Balaban J connectivity index is 1.32. The second-order valence-corrected chi connectivity index (χ2v) is 11.3. The molecule has 2 saturated heterocycles. The summed E-state index contributed by atoms with van der Waals surface area (Å²) in [4.78, 5) is 17.4. The molecule has 2 aromatic carbocycles. The lowest BCUT2D eigenvalue weighted by molar-refractivity contribution is -0.137. The number of hydrogen-bond acceptors (Lipinski definition) is 5. The Bertz CT molecular complexity index is 1130. The Labute approximate surface area is 211 Å². The van der Waals surface area contributed by atoms with Crippen LogP contribution in [0.4, 0.5) is 5.69 Å². The second kappa shape index (κ2) is 10.7. The quantitative estimate of drug-likeness (QED) is 0.566. The van der Waals surface area contributed by atoms with Crippen molar-refractivity contribution in [2.45, 2.75) is 24.7 Å². The first-order valence-corrected chi connectivity index (χ1v) is 13.7. The summed E-state index contributed by atoms with van der Waals surface area (Å²) in [5.74, 6) is 0.419. The van der Waals surface area contributed by atoms with E-state index in [1.54, 1.807) is 6.07 Å². The molecule has 2 aliphatic rings. The average Bonchev–Trinajstić information content (AvgIpc) is 2.85. The lowest BCUT2D eigenvalue weighted by atomic mass is 9.96. The number of piperazine rings is 1. The highest BCUT2D eigenvalue weighted by molar-refractivity contribution is 7.89. The molecule has 2 heterocycles. The van der Waals surface area contributed by atoms with Gasteiger partial charge in [-0.25, -0.2) is 8.42 Å². The third kappa shape index (κ3) is 5.46. The maximum atomic E-state index is 13.1. The van der Waals surface area contributed by atoms with E-state index < -0.39 is 10.0 Å². The maximum absolute atomic E-state index is 13.1. The second-order valence-electron chi connectivity index (χ2n) is 8.50. The normalized spacial score (nSPS) is 18.2. The monoisotopic (exact) mass is 525 g/mol. The minimum Gasteiger partial charge on any atom is -0.492 e. The predicted molar refractivity (Wildman–Crippen MR) is 134 cm³/mol. The van der Waals surface area contributed by atoms with Crippen molar-refractivity contribution < 1.29 is 17.9 Å². The number of ether oxygens (including phenoxy) is 1. The molecule has 7 nitrogen and oxygen atoms in total. The summed E-state index contributed by atoms with van der Waals surface area (Å²) in [5.41, 5.74) is 1.06. The summed E-state index contributed by atoms with van der Waals surface area (Å²) in [6, 6.07) is 12.3. The number of anilines is 1. The van der Waals surface area contributed by atoms with Crippen molar-refractivity contribution in [2.75, 3.05) is 50.8 Å². The number of benzene rings is 2. The van der Waals surface area contributed by atoms with Crippen LogP contribution in [0.15, 0.2) is 47.4 Å². The summed E-state index contributed by atoms with van der Waals surface area (Å²) in [7, 11) is -3.68. The van der Waals surface area contributed by atoms with Crippen molar-refractivity contribution in [3.63, 3.8) is 0 Å². The van der Waals surface area contributed by atoms with Gasteiger partial charge in [-0.3, -0.25) is 4.79 Å². The Morgan fingerprint density at radius 2 is 1.71 bits per heavy atom. The zero-order valence-corrected chi connectivity index (χ0v) is 21.4. The molecule has 2 aromatic rings. The number of sulfonamides is 1. The molecule has 34 heavy (non-hydrogen) atoms. The van der Waals surface area contributed by atoms with Crippen molar-refractivity contribution in [1.82, 2.24) is 9.21 Å². The van der Waals surface area contributed by atoms with E-state index in [4.69, 9.17) is 27.9 Å². The molecule has 0 atom stereocenters. The fourth-order valence-corrected chi connectivity index (χ4v) is 6.50. The topological polar surface area (TPSA) is 70.2 Å². The van der Waals surface area contributed by atoms with Crippen LogP contribution in [-0.4, -0.2) is 69.4 Å². The SMILES string of the molecule is CCOc1ccc(S(=O)(=O)N2CCC(C(=O)N3CCN(c4cccc(Cl)c4)CC3)CC2)cc1Cl. The van der Waals surface area contributed by atoms with Gasteiger partial charge in [-0.1, -0.05) is 29.3 Å². The Morgan fingerprint density at radius 3 is 2.32 bits per heavy atom. The molecule has 184 valence electrons. The highest BCUT2D eigenvalue weighted by Crippen LogP contribution is 2.31. The molecule has 2 aliphatic heterocycles. The van der Waals surface area contributed by atoms with Crippen molar-refractivity contribution in [3.8, 4) is 5.75 Å². The zero-order chi connectivity index (χ0) is 24.3. The van der Waals surface area contributed by atoms with Crippen LogP contribution in [0.5, 0.6) is 5.75 Å². The van der Waals surface area contributed by atoms with Gasteiger partial charge < -0.3 is 14.5 Å². The van der Waals surface area contributed by atoms with E-state index in [9.17, 15) is 13.2 Å². The van der Waals surface area contributed by atoms with E-state index in [0.717, 1.165) is 18.8 Å². The fraction of sp³-hybridized carbons (Fsp3) is 0.458. The number of rotatable bonds is 6. The number of amides is 1. The van der Waals surface area contributed by atoms with E-state index in [-0.39, 0.29) is 21.7 Å². The molecule has 0 N–H and O–H groups in total. The molecular formula is C24H29Cl2N3O4S. The number of halogens is 2. The lowest BCUT2D eigenvalue weighted by Gasteiger charge is -2.39. The summed E-state index contributed by atoms with van der Waals surface area (Å²) >= 11 is 12.3. The summed E-state index contributed by atoms with van der Waals surface area (Å²) < 4.78 is 33.0. The molecule has 10 heteroatoms. The number of carbonyl (C=O) groups is 1. The van der Waals surface area contributed by atoms with Gasteiger partial charge in [0.15, 0.2) is 0 Å². The number of piperidine rings is 1. The fourth-order valence-electron chi connectivity index (χ4n) is 4.52. The van der Waals surface area contributed by atoms with Crippen molar-refractivity contribution >= 4 is 44.8 Å². The summed E-state index contributed by atoms with van der Waals surface area (Å²) in [6.45, 7) is 5.70. The highest BCUT2D eigenvalue weighted by Gasteiger charge is 2.35. The van der Waals surface area contributed by atoms with Gasteiger partial charge in [-0.2, -0.15) is 4.31 Å². The Hall–Kier alpha value is -2.00. The van der Waals surface area contributed by atoms with E-state index in [1.807, 2.05) is 36.1 Å². The van der Waals surface area contributed by atoms with Crippen LogP contribution in [0.1, 0.15) is 19.8 Å². The number of hydrogen-bond donors (Lipinski definition) is 0. The van der Waals surface area contributed by atoms with Gasteiger partial charge in [0.1, 0.15) is 5.75 Å². The van der Waals surface area contributed by atoms with E-state index in [0.29, 0.717) is 56.4 Å². The standard InChI is InChI=1S/C24H29Cl2N3O4S/c1-2-33-23-7-6-21(17-22(23)26)34(31,32)29-10-8-18(9-11-29)24(30)28-14-12-27(13-15-28)20-5-3-4-19(25)16-20/h3-7,16-18H,2,8-15H2,1H3. The van der Waals surface area contributed by atoms with Crippen LogP contribution in [0.3, 0.4) is 0 Å². The van der Waals surface area contributed by atoms with Crippen LogP contribution in [0.25, 0.3) is 0 Å². The molecule has 0 aliphatic carbocycles. The van der Waals surface area contributed by atoms with Gasteiger partial charge in [0, 0.05) is 55.9 Å². The lowest BCUT2D eigenvalue weighted by Crippen LogP contribution is -2.52. The van der Waals surface area contributed by atoms with E-state index in [2.05, 4.69) is 4.90 Å². The van der Waals surface area contributed by atoms with Crippen LogP contribution in [0, 0.1) is 5.92 Å². The molecule has 0 spiro atoms. The van der Waals surface area contributed by atoms with Gasteiger partial charge >= 0.3 is 0 Å². The molecule has 0 unspecified atom stereocenters. The van der Waals surface area contributed by atoms with Crippen molar-refractivity contribution in [3.05, 3.63) is 52.5 Å². The summed E-state index contributed by atoms with van der Waals surface area (Å²) in [5, 5.41) is 0.968. The van der Waals surface area contributed by atoms with Crippen LogP contribution in [-0.2, 0) is 14.8 Å². The van der Waals surface area contributed by atoms with Crippen molar-refractivity contribution in [1.29, 1.82) is 0 Å².